The highest BCUT2D eigenvalue weighted by Crippen LogP contribution is 2.30. The van der Waals surface area contributed by atoms with Crippen LogP contribution < -0.4 is 15.2 Å². The van der Waals surface area contributed by atoms with Gasteiger partial charge in [0.05, 0.1) is 14.2 Å². The summed E-state index contributed by atoms with van der Waals surface area (Å²) in [6, 6.07) is 12.5. The SMILES string of the molecule is COc1cccc(OC)c1C(=O)c1ccc(CN)cc1. The summed E-state index contributed by atoms with van der Waals surface area (Å²) in [7, 11) is 3.06. The van der Waals surface area contributed by atoms with Crippen LogP contribution >= 0.6 is 0 Å². The van der Waals surface area contributed by atoms with Crippen LogP contribution in [-0.2, 0) is 6.54 Å². The zero-order chi connectivity index (χ0) is 14.5. The van der Waals surface area contributed by atoms with E-state index in [0.717, 1.165) is 5.56 Å². The highest BCUT2D eigenvalue weighted by atomic mass is 16.5. The molecule has 0 aliphatic carbocycles. The first kappa shape index (κ1) is 14.1. The number of nitrogens with two attached hydrogens (primary N) is 1. The molecule has 2 aromatic rings. The zero-order valence-corrected chi connectivity index (χ0v) is 11.6. The van der Waals surface area contributed by atoms with Crippen LogP contribution in [0.25, 0.3) is 0 Å². The largest absolute Gasteiger partial charge is 0.496 e. The summed E-state index contributed by atoms with van der Waals surface area (Å²) >= 11 is 0. The number of ketones is 1. The lowest BCUT2D eigenvalue weighted by Crippen LogP contribution is -2.07. The summed E-state index contributed by atoms with van der Waals surface area (Å²) in [5.74, 6) is 0.859. The Hall–Kier alpha value is -2.33. The average Bonchev–Trinajstić information content (AvgIpc) is 2.53. The fourth-order valence-electron chi connectivity index (χ4n) is 2.01. The van der Waals surface area contributed by atoms with Crippen molar-refractivity contribution < 1.29 is 14.3 Å². The van der Waals surface area contributed by atoms with Gasteiger partial charge in [-0.2, -0.15) is 0 Å². The molecule has 0 fully saturated rings. The minimum absolute atomic E-state index is 0.136. The van der Waals surface area contributed by atoms with Crippen LogP contribution in [0.1, 0.15) is 21.5 Å². The molecule has 0 unspecified atom stereocenters. The normalized spacial score (nSPS) is 10.2. The fraction of sp³-hybridized carbons (Fsp3) is 0.188. The van der Waals surface area contributed by atoms with Gasteiger partial charge in [0, 0.05) is 12.1 Å². The van der Waals surface area contributed by atoms with E-state index in [1.807, 2.05) is 12.1 Å². The Kier molecular flexibility index (Phi) is 4.38. The van der Waals surface area contributed by atoms with Gasteiger partial charge in [0.25, 0.3) is 0 Å². The number of methoxy groups -OCH3 is 2. The Morgan fingerprint density at radius 3 is 2.00 bits per heavy atom. The topological polar surface area (TPSA) is 61.5 Å². The summed E-state index contributed by atoms with van der Waals surface area (Å²) < 4.78 is 10.5. The van der Waals surface area contributed by atoms with Gasteiger partial charge >= 0.3 is 0 Å². The summed E-state index contributed by atoms with van der Waals surface area (Å²) in [6.07, 6.45) is 0. The highest BCUT2D eigenvalue weighted by molar-refractivity contribution is 6.12. The molecule has 104 valence electrons. The van der Waals surface area contributed by atoms with Gasteiger partial charge in [-0.05, 0) is 17.7 Å². The van der Waals surface area contributed by atoms with Gasteiger partial charge in [-0.3, -0.25) is 4.79 Å². The summed E-state index contributed by atoms with van der Waals surface area (Å²) in [5, 5.41) is 0. The summed E-state index contributed by atoms with van der Waals surface area (Å²) in [4.78, 5) is 12.6. The molecule has 0 radical (unpaired) electrons. The maximum absolute atomic E-state index is 12.6. The van der Waals surface area contributed by atoms with Crippen molar-refractivity contribution in [3.63, 3.8) is 0 Å². The van der Waals surface area contributed by atoms with E-state index < -0.39 is 0 Å². The highest BCUT2D eigenvalue weighted by Gasteiger charge is 2.19. The van der Waals surface area contributed by atoms with Gasteiger partial charge in [-0.1, -0.05) is 30.3 Å². The maximum atomic E-state index is 12.6. The van der Waals surface area contributed by atoms with Gasteiger partial charge in [0.15, 0.2) is 0 Å². The van der Waals surface area contributed by atoms with E-state index in [0.29, 0.717) is 29.2 Å². The molecule has 0 spiro atoms. The van der Waals surface area contributed by atoms with Crippen molar-refractivity contribution in [2.75, 3.05) is 14.2 Å². The van der Waals surface area contributed by atoms with Crippen LogP contribution in [0.4, 0.5) is 0 Å². The molecule has 2 rings (SSSR count). The molecular weight excluding hydrogens is 254 g/mol. The van der Waals surface area contributed by atoms with Crippen molar-refractivity contribution in [2.45, 2.75) is 6.54 Å². The van der Waals surface area contributed by atoms with E-state index >= 15 is 0 Å². The van der Waals surface area contributed by atoms with Gasteiger partial charge in [0.1, 0.15) is 17.1 Å². The van der Waals surface area contributed by atoms with Crippen LogP contribution in [0.3, 0.4) is 0 Å². The van der Waals surface area contributed by atoms with Crippen LogP contribution in [0.5, 0.6) is 11.5 Å². The molecule has 4 nitrogen and oxygen atoms in total. The molecule has 0 amide bonds. The second-order valence-corrected chi connectivity index (χ2v) is 4.27. The monoisotopic (exact) mass is 271 g/mol. The van der Waals surface area contributed by atoms with Crippen LogP contribution in [-0.4, -0.2) is 20.0 Å². The lowest BCUT2D eigenvalue weighted by Gasteiger charge is -2.12. The smallest absolute Gasteiger partial charge is 0.200 e. The zero-order valence-electron chi connectivity index (χ0n) is 11.6. The van der Waals surface area contributed by atoms with E-state index in [1.165, 1.54) is 14.2 Å². The molecule has 4 heteroatoms. The van der Waals surface area contributed by atoms with Gasteiger partial charge < -0.3 is 15.2 Å². The van der Waals surface area contributed by atoms with Crippen molar-refractivity contribution in [1.82, 2.24) is 0 Å². The van der Waals surface area contributed by atoms with E-state index in [9.17, 15) is 4.79 Å². The molecular formula is C16H17NO3. The number of carbonyl (C=O) groups is 1. The Bertz CT molecular complexity index is 583. The minimum Gasteiger partial charge on any atom is -0.496 e. The fourth-order valence-corrected chi connectivity index (χ4v) is 2.01. The van der Waals surface area contributed by atoms with Crippen LogP contribution in [0.2, 0.25) is 0 Å². The number of hydrogen-bond acceptors (Lipinski definition) is 4. The molecule has 2 N–H and O–H groups in total. The van der Waals surface area contributed by atoms with E-state index in [4.69, 9.17) is 15.2 Å². The first-order valence-corrected chi connectivity index (χ1v) is 6.26. The summed E-state index contributed by atoms with van der Waals surface area (Å²) in [5.41, 5.74) is 7.54. The Morgan fingerprint density at radius 1 is 1.00 bits per heavy atom. The Balaban J connectivity index is 2.46. The van der Waals surface area contributed by atoms with Crippen LogP contribution in [0.15, 0.2) is 42.5 Å². The van der Waals surface area contributed by atoms with Crippen molar-refractivity contribution in [3.05, 3.63) is 59.2 Å². The van der Waals surface area contributed by atoms with Crippen molar-refractivity contribution >= 4 is 5.78 Å². The molecule has 20 heavy (non-hydrogen) atoms. The number of carbonyl (C=O) groups excluding carboxylic acids is 1. The predicted molar refractivity (Wildman–Crippen MR) is 77.3 cm³/mol. The van der Waals surface area contributed by atoms with Crippen molar-refractivity contribution in [2.24, 2.45) is 5.73 Å². The number of ether oxygens (including phenoxy) is 2. The molecule has 0 heterocycles. The molecule has 0 aromatic heterocycles. The van der Waals surface area contributed by atoms with E-state index in [-0.39, 0.29) is 5.78 Å². The molecule has 0 bridgehead atoms. The summed E-state index contributed by atoms with van der Waals surface area (Å²) in [6.45, 7) is 0.451. The maximum Gasteiger partial charge on any atom is 0.200 e. The molecule has 2 aromatic carbocycles. The average molecular weight is 271 g/mol. The standard InChI is InChI=1S/C16H17NO3/c1-19-13-4-3-5-14(20-2)15(13)16(18)12-8-6-11(10-17)7-9-12/h3-9H,10,17H2,1-2H3. The number of benzene rings is 2. The Labute approximate surface area is 118 Å². The second kappa shape index (κ2) is 6.21. The van der Waals surface area contributed by atoms with E-state index in [1.54, 1.807) is 30.3 Å². The third kappa shape index (κ3) is 2.65. The van der Waals surface area contributed by atoms with Gasteiger partial charge in [-0.25, -0.2) is 0 Å². The third-order valence-electron chi connectivity index (χ3n) is 3.11. The molecule has 0 aliphatic heterocycles. The van der Waals surface area contributed by atoms with E-state index in [2.05, 4.69) is 0 Å². The van der Waals surface area contributed by atoms with Crippen LogP contribution in [0, 0.1) is 0 Å². The quantitative estimate of drug-likeness (QED) is 0.848. The second-order valence-electron chi connectivity index (χ2n) is 4.27. The van der Waals surface area contributed by atoms with Crippen molar-refractivity contribution in [1.29, 1.82) is 0 Å². The minimum atomic E-state index is -0.136. The van der Waals surface area contributed by atoms with Gasteiger partial charge in [0.2, 0.25) is 5.78 Å². The molecule has 0 saturated heterocycles. The Morgan fingerprint density at radius 2 is 1.55 bits per heavy atom. The molecule has 0 saturated carbocycles. The first-order chi connectivity index (χ1) is 9.71. The molecule has 0 aliphatic rings. The van der Waals surface area contributed by atoms with Gasteiger partial charge in [-0.15, -0.1) is 0 Å². The molecule has 0 atom stereocenters. The predicted octanol–water partition coefficient (Wildman–Crippen LogP) is 2.39. The number of rotatable bonds is 5. The lowest BCUT2D eigenvalue weighted by molar-refractivity contribution is 0.103. The first-order valence-electron chi connectivity index (χ1n) is 6.26. The lowest BCUT2D eigenvalue weighted by atomic mass is 10.0. The number of hydrogen-bond donors (Lipinski definition) is 1. The third-order valence-corrected chi connectivity index (χ3v) is 3.11. The van der Waals surface area contributed by atoms with Crippen molar-refractivity contribution in [3.8, 4) is 11.5 Å².